The van der Waals surface area contributed by atoms with Crippen LogP contribution in [0.5, 0.6) is 0 Å². The van der Waals surface area contributed by atoms with Gasteiger partial charge in [0.2, 0.25) is 0 Å². The molecular weight excluding hydrogens is 321 g/mol. The average Bonchev–Trinajstić information content (AvgIpc) is 2.40. The Labute approximate surface area is 130 Å². The van der Waals surface area contributed by atoms with E-state index in [9.17, 15) is 22.8 Å². The first-order valence-electron chi connectivity index (χ1n) is 6.69. The lowest BCUT2D eigenvalue weighted by atomic mass is 9.66. The SMILES string of the molecule is CC1(c2ccc(Cl)c(C(F)(F)F)c2)CC(C(=O)O)CCC1=O. The summed E-state index contributed by atoms with van der Waals surface area (Å²) in [4.78, 5) is 23.4. The van der Waals surface area contributed by atoms with Crippen LogP contribution in [-0.4, -0.2) is 16.9 Å². The number of carbonyl (C=O) groups is 2. The molecule has 0 bridgehead atoms. The number of carboxylic acids is 1. The van der Waals surface area contributed by atoms with E-state index < -0.39 is 34.1 Å². The first-order valence-corrected chi connectivity index (χ1v) is 7.07. The van der Waals surface area contributed by atoms with Crippen LogP contribution in [0, 0.1) is 5.92 Å². The van der Waals surface area contributed by atoms with Crippen LogP contribution in [0.4, 0.5) is 13.2 Å². The number of ketones is 1. The maximum Gasteiger partial charge on any atom is 0.417 e. The fraction of sp³-hybridized carbons (Fsp3) is 0.467. The lowest BCUT2D eigenvalue weighted by molar-refractivity contribution is -0.145. The molecule has 0 spiro atoms. The molecule has 1 aliphatic carbocycles. The molecule has 2 atom stereocenters. The Balaban J connectivity index is 2.48. The molecule has 0 heterocycles. The van der Waals surface area contributed by atoms with Gasteiger partial charge in [0.15, 0.2) is 0 Å². The summed E-state index contributed by atoms with van der Waals surface area (Å²) in [5.41, 5.74) is -2.11. The number of halogens is 4. The van der Waals surface area contributed by atoms with Crippen LogP contribution in [0.15, 0.2) is 18.2 Å². The summed E-state index contributed by atoms with van der Waals surface area (Å²) in [5.74, 6) is -2.03. The van der Waals surface area contributed by atoms with E-state index >= 15 is 0 Å². The zero-order chi connectivity index (χ0) is 16.7. The summed E-state index contributed by atoms with van der Waals surface area (Å²) in [6, 6.07) is 3.31. The van der Waals surface area contributed by atoms with E-state index in [4.69, 9.17) is 16.7 Å². The van der Waals surface area contributed by atoms with Crippen LogP contribution in [0.3, 0.4) is 0 Å². The van der Waals surface area contributed by atoms with Crippen molar-refractivity contribution in [1.29, 1.82) is 0 Å². The Hall–Kier alpha value is -1.56. The second-order valence-corrected chi connectivity index (χ2v) is 6.13. The molecule has 0 amide bonds. The smallest absolute Gasteiger partial charge is 0.417 e. The van der Waals surface area contributed by atoms with Crippen molar-refractivity contribution in [2.45, 2.75) is 37.8 Å². The van der Waals surface area contributed by atoms with Crippen molar-refractivity contribution in [3.8, 4) is 0 Å². The second kappa shape index (κ2) is 5.57. The number of carboxylic acid groups (broad SMARTS) is 1. The molecule has 0 radical (unpaired) electrons. The number of carbonyl (C=O) groups excluding carboxylic acids is 1. The molecule has 1 aromatic carbocycles. The van der Waals surface area contributed by atoms with Gasteiger partial charge >= 0.3 is 12.1 Å². The number of benzene rings is 1. The first-order chi connectivity index (χ1) is 10.1. The van der Waals surface area contributed by atoms with E-state index in [1.807, 2.05) is 0 Å². The van der Waals surface area contributed by atoms with Crippen molar-refractivity contribution in [3.05, 3.63) is 34.3 Å². The molecule has 2 rings (SSSR count). The van der Waals surface area contributed by atoms with E-state index in [1.54, 1.807) is 0 Å². The molecule has 22 heavy (non-hydrogen) atoms. The van der Waals surface area contributed by atoms with Gasteiger partial charge in [0, 0.05) is 6.42 Å². The third kappa shape index (κ3) is 2.97. The third-order valence-electron chi connectivity index (χ3n) is 4.25. The van der Waals surface area contributed by atoms with Gasteiger partial charge in [-0.1, -0.05) is 17.7 Å². The summed E-state index contributed by atoms with van der Waals surface area (Å²) >= 11 is 5.58. The molecule has 120 valence electrons. The molecule has 1 N–H and O–H groups in total. The van der Waals surface area contributed by atoms with Crippen molar-refractivity contribution in [3.63, 3.8) is 0 Å². The molecule has 2 unspecified atom stereocenters. The normalized spacial score (nSPS) is 26.0. The van der Waals surface area contributed by atoms with Crippen molar-refractivity contribution >= 4 is 23.4 Å². The number of alkyl halides is 3. The van der Waals surface area contributed by atoms with E-state index in [1.165, 1.54) is 13.0 Å². The minimum atomic E-state index is -4.63. The molecule has 1 aromatic rings. The summed E-state index contributed by atoms with van der Waals surface area (Å²) in [7, 11) is 0. The van der Waals surface area contributed by atoms with Crippen molar-refractivity contribution in [1.82, 2.24) is 0 Å². The van der Waals surface area contributed by atoms with Crippen LogP contribution in [0.2, 0.25) is 5.02 Å². The molecule has 0 aromatic heterocycles. The summed E-state index contributed by atoms with van der Waals surface area (Å²) in [6.45, 7) is 1.49. The molecule has 7 heteroatoms. The lowest BCUT2D eigenvalue weighted by Crippen LogP contribution is -2.41. The minimum absolute atomic E-state index is 0.0138. The van der Waals surface area contributed by atoms with E-state index in [-0.39, 0.29) is 30.6 Å². The number of aliphatic carboxylic acids is 1. The van der Waals surface area contributed by atoms with Gasteiger partial charge in [0.25, 0.3) is 0 Å². The van der Waals surface area contributed by atoms with Crippen molar-refractivity contribution < 1.29 is 27.9 Å². The molecule has 1 fully saturated rings. The Morgan fingerprint density at radius 3 is 2.59 bits per heavy atom. The topological polar surface area (TPSA) is 54.4 Å². The second-order valence-electron chi connectivity index (χ2n) is 5.73. The minimum Gasteiger partial charge on any atom is -0.481 e. The number of hydrogen-bond acceptors (Lipinski definition) is 2. The Bertz CT molecular complexity index is 627. The maximum absolute atomic E-state index is 13.0. The molecule has 0 saturated heterocycles. The van der Waals surface area contributed by atoms with Crippen LogP contribution in [-0.2, 0) is 21.2 Å². The zero-order valence-electron chi connectivity index (χ0n) is 11.7. The zero-order valence-corrected chi connectivity index (χ0v) is 12.5. The van der Waals surface area contributed by atoms with Gasteiger partial charge in [-0.05, 0) is 37.5 Å². The van der Waals surface area contributed by atoms with Crippen LogP contribution < -0.4 is 0 Å². The first kappa shape index (κ1) is 16.8. The van der Waals surface area contributed by atoms with Crippen LogP contribution in [0.25, 0.3) is 0 Å². The molecule has 1 aliphatic rings. The van der Waals surface area contributed by atoms with Gasteiger partial charge in [-0.25, -0.2) is 0 Å². The Morgan fingerprint density at radius 2 is 2.05 bits per heavy atom. The quantitative estimate of drug-likeness (QED) is 0.887. The highest BCUT2D eigenvalue weighted by Gasteiger charge is 2.44. The molecule has 0 aliphatic heterocycles. The van der Waals surface area contributed by atoms with E-state index in [0.29, 0.717) is 0 Å². The highest BCUT2D eigenvalue weighted by atomic mass is 35.5. The predicted octanol–water partition coefficient (Wildman–Crippen LogP) is 4.07. The number of rotatable bonds is 2. The largest absolute Gasteiger partial charge is 0.481 e. The van der Waals surface area contributed by atoms with Gasteiger partial charge in [0.1, 0.15) is 5.78 Å². The molecular formula is C15H14ClF3O3. The summed E-state index contributed by atoms with van der Waals surface area (Å²) in [6.07, 6.45) is -4.39. The van der Waals surface area contributed by atoms with Crippen LogP contribution >= 0.6 is 11.6 Å². The van der Waals surface area contributed by atoms with Gasteiger partial charge in [-0.2, -0.15) is 13.2 Å². The highest BCUT2D eigenvalue weighted by Crippen LogP contribution is 2.43. The predicted molar refractivity (Wildman–Crippen MR) is 73.8 cm³/mol. The number of Topliss-reactive ketones (excluding diaryl/α,β-unsaturated/α-hetero) is 1. The van der Waals surface area contributed by atoms with Gasteiger partial charge < -0.3 is 5.11 Å². The summed E-state index contributed by atoms with van der Waals surface area (Å²) in [5, 5.41) is 8.67. The Morgan fingerprint density at radius 1 is 1.41 bits per heavy atom. The monoisotopic (exact) mass is 334 g/mol. The maximum atomic E-state index is 13.0. The molecule has 1 saturated carbocycles. The van der Waals surface area contributed by atoms with Crippen molar-refractivity contribution in [2.24, 2.45) is 5.92 Å². The van der Waals surface area contributed by atoms with Crippen LogP contribution in [0.1, 0.15) is 37.3 Å². The average molecular weight is 335 g/mol. The van der Waals surface area contributed by atoms with Gasteiger partial charge in [-0.15, -0.1) is 0 Å². The van der Waals surface area contributed by atoms with Crippen molar-refractivity contribution in [2.75, 3.05) is 0 Å². The summed E-state index contributed by atoms with van der Waals surface area (Å²) < 4.78 is 38.9. The van der Waals surface area contributed by atoms with Gasteiger partial charge in [-0.3, -0.25) is 9.59 Å². The Kier molecular flexibility index (Phi) is 4.26. The van der Waals surface area contributed by atoms with E-state index in [2.05, 4.69) is 0 Å². The van der Waals surface area contributed by atoms with E-state index in [0.717, 1.165) is 12.1 Å². The fourth-order valence-corrected chi connectivity index (χ4v) is 3.09. The fourth-order valence-electron chi connectivity index (χ4n) is 2.87. The third-order valence-corrected chi connectivity index (χ3v) is 4.58. The van der Waals surface area contributed by atoms with Gasteiger partial charge in [0.05, 0.1) is 21.9 Å². The lowest BCUT2D eigenvalue weighted by Gasteiger charge is -2.36. The highest BCUT2D eigenvalue weighted by molar-refractivity contribution is 6.31. The standard InChI is InChI=1S/C15H14ClF3O3/c1-14(7-8(13(21)22)2-5-12(14)20)9-3-4-11(16)10(6-9)15(17,18)19/h3-4,6,8H,2,5,7H2,1H3,(H,21,22). The number of hydrogen-bond donors (Lipinski definition) is 1. The molecule has 3 nitrogen and oxygen atoms in total.